The molecule has 6 aromatic rings. The van der Waals surface area contributed by atoms with Gasteiger partial charge in [-0.25, -0.2) is 19.9 Å². The second-order valence-electron chi connectivity index (χ2n) is 8.33. The van der Waals surface area contributed by atoms with Gasteiger partial charge in [0.05, 0.1) is 46.9 Å². The summed E-state index contributed by atoms with van der Waals surface area (Å²) >= 11 is 5.81. The van der Waals surface area contributed by atoms with E-state index < -0.39 is 0 Å². The zero-order valence-electron chi connectivity index (χ0n) is 20.9. The Labute approximate surface area is 223 Å². The van der Waals surface area contributed by atoms with Crippen LogP contribution >= 0.6 is 11.6 Å². The summed E-state index contributed by atoms with van der Waals surface area (Å²) in [4.78, 5) is 28.0. The van der Waals surface area contributed by atoms with Crippen molar-refractivity contribution in [3.63, 3.8) is 0 Å². The van der Waals surface area contributed by atoms with E-state index in [0.29, 0.717) is 22.3 Å². The number of imidazole rings is 2. The predicted octanol–water partition coefficient (Wildman–Crippen LogP) is 4.30. The van der Waals surface area contributed by atoms with Crippen LogP contribution in [0.1, 0.15) is 13.8 Å². The fourth-order valence-electron chi connectivity index (χ4n) is 4.02. The van der Waals surface area contributed by atoms with Crippen molar-refractivity contribution in [1.29, 1.82) is 0 Å². The van der Waals surface area contributed by atoms with Gasteiger partial charge in [0, 0.05) is 24.5 Å². The topological polar surface area (TPSA) is 142 Å². The molecule has 12 heteroatoms. The summed E-state index contributed by atoms with van der Waals surface area (Å²) in [5.74, 6) is 2.22. The second-order valence-corrected chi connectivity index (χ2v) is 8.72. The van der Waals surface area contributed by atoms with E-state index in [1.807, 2.05) is 41.0 Å². The molecule has 2 aromatic carbocycles. The molecule has 6 rings (SSSR count). The maximum absolute atomic E-state index is 5.87. The molecule has 0 fully saturated rings. The fourth-order valence-corrected chi connectivity index (χ4v) is 4.17. The summed E-state index contributed by atoms with van der Waals surface area (Å²) < 4.78 is 3.70. The number of fused-ring (bicyclic) bond motifs is 2. The van der Waals surface area contributed by atoms with Crippen molar-refractivity contribution in [3.8, 4) is 11.6 Å². The quantitative estimate of drug-likeness (QED) is 0.314. The molecule has 0 saturated carbocycles. The van der Waals surface area contributed by atoms with Crippen molar-refractivity contribution in [2.24, 2.45) is 0 Å². The van der Waals surface area contributed by atoms with Gasteiger partial charge < -0.3 is 16.4 Å². The van der Waals surface area contributed by atoms with Gasteiger partial charge >= 0.3 is 0 Å². The monoisotopic (exact) mass is 527 g/mol. The van der Waals surface area contributed by atoms with Crippen molar-refractivity contribution >= 4 is 50.9 Å². The molecule has 4 heterocycles. The summed E-state index contributed by atoms with van der Waals surface area (Å²) in [5.41, 5.74) is 16.5. The molecule has 0 bridgehead atoms. The van der Waals surface area contributed by atoms with Crippen LogP contribution in [0.4, 0.5) is 17.2 Å². The summed E-state index contributed by atoms with van der Waals surface area (Å²) in [6.45, 7) is 5.99. The molecule has 0 aliphatic rings. The number of nitrogen functional groups attached to an aromatic ring is 2. The van der Waals surface area contributed by atoms with Crippen molar-refractivity contribution in [2.75, 3.05) is 29.5 Å². The summed E-state index contributed by atoms with van der Waals surface area (Å²) in [6, 6.07) is 11.2. The average Bonchev–Trinajstić information content (AvgIpc) is 3.54. The smallest absolute Gasteiger partial charge is 0.159 e. The minimum atomic E-state index is 0.341. The first-order valence-electron chi connectivity index (χ1n) is 12.0. The number of nitrogens with two attached hydrogens (primary N) is 2. The highest BCUT2D eigenvalue weighted by molar-refractivity contribution is 6.29. The molecule has 4 aromatic heterocycles. The van der Waals surface area contributed by atoms with Crippen LogP contribution in [0, 0.1) is 0 Å². The molecule has 192 valence electrons. The molecule has 0 saturated heterocycles. The lowest BCUT2D eigenvalue weighted by molar-refractivity contribution is 0.832. The van der Waals surface area contributed by atoms with Crippen LogP contribution in [0.25, 0.3) is 33.7 Å². The van der Waals surface area contributed by atoms with Gasteiger partial charge in [0.2, 0.25) is 0 Å². The van der Waals surface area contributed by atoms with Crippen LogP contribution in [0.2, 0.25) is 5.15 Å². The molecule has 11 nitrogen and oxygen atoms in total. The standard InChI is InChI=1S/C15H18N6.C11H8ClN5/c1-3-20(4-2)14-8-17-9-15(19-14)21-10-18-12-6-5-11(16)7-13(12)21;12-10-4-14-5-11(16-10)17-6-15-8-2-1-7(13)3-9(8)17/h5-10H,3-4,16H2,1-2H3;1-6H,13H2. The van der Waals surface area contributed by atoms with Gasteiger partial charge in [-0.05, 0) is 50.2 Å². The maximum atomic E-state index is 5.87. The van der Waals surface area contributed by atoms with E-state index in [9.17, 15) is 0 Å². The van der Waals surface area contributed by atoms with Crippen LogP contribution in [0.5, 0.6) is 0 Å². The highest BCUT2D eigenvalue weighted by Gasteiger charge is 2.10. The van der Waals surface area contributed by atoms with Gasteiger partial charge in [0.1, 0.15) is 23.6 Å². The molecule has 0 amide bonds. The van der Waals surface area contributed by atoms with E-state index in [-0.39, 0.29) is 0 Å². The van der Waals surface area contributed by atoms with Gasteiger partial charge in [-0.3, -0.25) is 19.1 Å². The third-order valence-electron chi connectivity index (χ3n) is 5.93. The summed E-state index contributed by atoms with van der Waals surface area (Å²) in [6.07, 6.45) is 10.0. The zero-order chi connectivity index (χ0) is 26.6. The third kappa shape index (κ3) is 5.04. The normalized spacial score (nSPS) is 10.9. The van der Waals surface area contributed by atoms with Crippen molar-refractivity contribution in [1.82, 2.24) is 39.0 Å². The van der Waals surface area contributed by atoms with E-state index >= 15 is 0 Å². The molecule has 4 N–H and O–H groups in total. The van der Waals surface area contributed by atoms with Gasteiger partial charge in [-0.15, -0.1) is 0 Å². The van der Waals surface area contributed by atoms with Gasteiger partial charge in [-0.2, -0.15) is 0 Å². The van der Waals surface area contributed by atoms with Crippen LogP contribution in [0.3, 0.4) is 0 Å². The van der Waals surface area contributed by atoms with E-state index in [4.69, 9.17) is 23.1 Å². The van der Waals surface area contributed by atoms with E-state index in [2.05, 4.69) is 48.7 Å². The zero-order valence-corrected chi connectivity index (χ0v) is 21.7. The highest BCUT2D eigenvalue weighted by Crippen LogP contribution is 2.21. The Balaban J connectivity index is 0.000000158. The van der Waals surface area contributed by atoms with Crippen LogP contribution in [0.15, 0.2) is 73.8 Å². The van der Waals surface area contributed by atoms with Crippen LogP contribution in [-0.2, 0) is 0 Å². The Kier molecular flexibility index (Phi) is 7.00. The lowest BCUT2D eigenvalue weighted by Crippen LogP contribution is -2.23. The SMILES string of the molecule is CCN(CC)c1cncc(-n2cnc3ccc(N)cc32)n1.Nc1ccc2ncn(-c3cncc(Cl)n3)c2c1. The summed E-state index contributed by atoms with van der Waals surface area (Å²) in [5, 5.41) is 0.341. The number of halogens is 1. The summed E-state index contributed by atoms with van der Waals surface area (Å²) in [7, 11) is 0. The first-order chi connectivity index (χ1) is 18.5. The minimum Gasteiger partial charge on any atom is -0.399 e. The first kappa shape index (κ1) is 24.9. The van der Waals surface area contributed by atoms with Crippen molar-refractivity contribution < 1.29 is 0 Å². The van der Waals surface area contributed by atoms with Crippen molar-refractivity contribution in [3.05, 3.63) is 79.0 Å². The third-order valence-corrected chi connectivity index (χ3v) is 6.11. The van der Waals surface area contributed by atoms with E-state index in [1.54, 1.807) is 35.8 Å². The molecule has 0 aliphatic heterocycles. The number of nitrogens with zero attached hydrogens (tertiary/aromatic N) is 9. The minimum absolute atomic E-state index is 0.341. The number of aromatic nitrogens is 8. The molecule has 0 aliphatic carbocycles. The van der Waals surface area contributed by atoms with Crippen LogP contribution in [-0.4, -0.2) is 52.1 Å². The number of anilines is 3. The fraction of sp³-hybridized carbons (Fsp3) is 0.154. The number of benzene rings is 2. The lowest BCUT2D eigenvalue weighted by Gasteiger charge is -2.19. The first-order valence-corrected chi connectivity index (χ1v) is 12.3. The van der Waals surface area contributed by atoms with Crippen LogP contribution < -0.4 is 16.4 Å². The largest absolute Gasteiger partial charge is 0.399 e. The molecular weight excluding hydrogens is 502 g/mol. The predicted molar refractivity (Wildman–Crippen MR) is 151 cm³/mol. The van der Waals surface area contributed by atoms with E-state index in [1.165, 1.54) is 6.20 Å². The Hall–Kier alpha value is -4.77. The van der Waals surface area contributed by atoms with Gasteiger partial charge in [0.25, 0.3) is 0 Å². The molecule has 0 radical (unpaired) electrons. The van der Waals surface area contributed by atoms with Gasteiger partial charge in [0.15, 0.2) is 11.6 Å². The Morgan fingerprint density at radius 3 is 1.79 bits per heavy atom. The number of rotatable bonds is 5. The molecular formula is C26H26ClN11. The Morgan fingerprint density at radius 1 is 0.737 bits per heavy atom. The Morgan fingerprint density at radius 2 is 1.26 bits per heavy atom. The molecule has 0 spiro atoms. The number of hydrogen-bond donors (Lipinski definition) is 2. The highest BCUT2D eigenvalue weighted by atomic mass is 35.5. The maximum Gasteiger partial charge on any atom is 0.159 e. The second kappa shape index (κ2) is 10.7. The Bertz CT molecular complexity index is 1700. The van der Waals surface area contributed by atoms with E-state index in [0.717, 1.165) is 46.8 Å². The lowest BCUT2D eigenvalue weighted by atomic mass is 10.3. The molecule has 0 atom stereocenters. The van der Waals surface area contributed by atoms with Gasteiger partial charge in [-0.1, -0.05) is 11.6 Å². The number of hydrogen-bond acceptors (Lipinski definition) is 9. The van der Waals surface area contributed by atoms with Crippen molar-refractivity contribution in [2.45, 2.75) is 13.8 Å². The molecule has 0 unspecified atom stereocenters. The molecule has 38 heavy (non-hydrogen) atoms. The average molecular weight is 528 g/mol.